The van der Waals surface area contributed by atoms with Crippen molar-refractivity contribution in [3.63, 3.8) is 0 Å². The maximum Gasteiger partial charge on any atom is 0.237 e. The number of carbonyl (C=O) groups excluding carboxylic acids is 2. The van der Waals surface area contributed by atoms with Crippen LogP contribution in [-0.2, 0) is 16.1 Å². The summed E-state index contributed by atoms with van der Waals surface area (Å²) in [6, 6.07) is 3.71. The molecular formula is C21H33N5O2. The van der Waals surface area contributed by atoms with Crippen molar-refractivity contribution in [2.45, 2.75) is 39.3 Å². The predicted octanol–water partition coefficient (Wildman–Crippen LogP) is 0.962. The normalized spacial score (nSPS) is 21.8. The van der Waals surface area contributed by atoms with E-state index in [1.807, 2.05) is 17.2 Å². The lowest BCUT2D eigenvalue weighted by atomic mass is 10.0. The second kappa shape index (κ2) is 9.98. The van der Waals surface area contributed by atoms with Crippen LogP contribution in [0.3, 0.4) is 0 Å². The highest BCUT2D eigenvalue weighted by atomic mass is 16.2. The molecule has 2 aliphatic heterocycles. The zero-order valence-electron chi connectivity index (χ0n) is 17.1. The van der Waals surface area contributed by atoms with Crippen molar-refractivity contribution < 1.29 is 9.59 Å². The smallest absolute Gasteiger partial charge is 0.237 e. The van der Waals surface area contributed by atoms with Crippen LogP contribution >= 0.6 is 0 Å². The van der Waals surface area contributed by atoms with Gasteiger partial charge < -0.3 is 10.2 Å². The highest BCUT2D eigenvalue weighted by molar-refractivity contribution is 5.88. The Morgan fingerprint density at radius 3 is 2.71 bits per heavy atom. The number of piperazine rings is 2. The van der Waals surface area contributed by atoms with Gasteiger partial charge in [0.1, 0.15) is 0 Å². The highest BCUT2D eigenvalue weighted by Crippen LogP contribution is 2.15. The van der Waals surface area contributed by atoms with Crippen LogP contribution < -0.4 is 5.32 Å². The molecule has 0 radical (unpaired) electrons. The molecule has 7 heteroatoms. The first-order valence-electron chi connectivity index (χ1n) is 10.4. The van der Waals surface area contributed by atoms with Crippen molar-refractivity contribution in [1.29, 1.82) is 0 Å². The van der Waals surface area contributed by atoms with E-state index >= 15 is 0 Å². The minimum atomic E-state index is -0.326. The van der Waals surface area contributed by atoms with Gasteiger partial charge in [-0.3, -0.25) is 24.4 Å². The number of aromatic nitrogens is 1. The molecule has 1 aromatic heterocycles. The number of hydrogen-bond donors (Lipinski definition) is 1. The molecule has 1 atom stereocenters. The first-order chi connectivity index (χ1) is 13.5. The number of carbonyl (C=O) groups is 2. The van der Waals surface area contributed by atoms with Crippen LogP contribution in [0.5, 0.6) is 0 Å². The first kappa shape index (κ1) is 20.7. The molecule has 0 saturated carbocycles. The van der Waals surface area contributed by atoms with Gasteiger partial charge >= 0.3 is 0 Å². The van der Waals surface area contributed by atoms with E-state index in [0.29, 0.717) is 12.5 Å². The summed E-state index contributed by atoms with van der Waals surface area (Å²) in [6.07, 6.45) is 5.01. The Bertz CT molecular complexity index is 643. The maximum absolute atomic E-state index is 12.9. The third-order valence-corrected chi connectivity index (χ3v) is 5.66. The van der Waals surface area contributed by atoms with Gasteiger partial charge in [-0.15, -0.1) is 0 Å². The number of pyridine rings is 1. The SMILES string of the molecule is CC(C)CCN1CCNC(=O)C1CC(=O)N1CCN(Cc2cccnc2)CC1. The summed E-state index contributed by atoms with van der Waals surface area (Å²) in [7, 11) is 0. The number of hydrogen-bond acceptors (Lipinski definition) is 5. The van der Waals surface area contributed by atoms with Gasteiger partial charge in [-0.1, -0.05) is 19.9 Å². The lowest BCUT2D eigenvalue weighted by molar-refractivity contribution is -0.140. The Morgan fingerprint density at radius 1 is 1.25 bits per heavy atom. The fourth-order valence-electron chi connectivity index (χ4n) is 3.88. The van der Waals surface area contributed by atoms with E-state index < -0.39 is 0 Å². The van der Waals surface area contributed by atoms with Gasteiger partial charge in [0.15, 0.2) is 0 Å². The van der Waals surface area contributed by atoms with Crippen LogP contribution in [0, 0.1) is 5.92 Å². The molecule has 0 aliphatic carbocycles. The molecule has 3 heterocycles. The monoisotopic (exact) mass is 387 g/mol. The van der Waals surface area contributed by atoms with E-state index in [1.54, 1.807) is 6.20 Å². The van der Waals surface area contributed by atoms with Gasteiger partial charge in [-0.25, -0.2) is 0 Å². The van der Waals surface area contributed by atoms with E-state index in [-0.39, 0.29) is 24.3 Å². The summed E-state index contributed by atoms with van der Waals surface area (Å²) in [4.78, 5) is 35.9. The van der Waals surface area contributed by atoms with Gasteiger partial charge in [0.2, 0.25) is 11.8 Å². The minimum absolute atomic E-state index is 0.00132. The Hall–Kier alpha value is -1.99. The van der Waals surface area contributed by atoms with E-state index in [2.05, 4.69) is 40.0 Å². The second-order valence-electron chi connectivity index (χ2n) is 8.25. The van der Waals surface area contributed by atoms with Crippen molar-refractivity contribution in [3.8, 4) is 0 Å². The van der Waals surface area contributed by atoms with Crippen molar-refractivity contribution in [1.82, 2.24) is 25.0 Å². The molecule has 3 rings (SSSR count). The average Bonchev–Trinajstić information content (AvgIpc) is 2.69. The third kappa shape index (κ3) is 5.75. The molecule has 2 amide bonds. The molecule has 28 heavy (non-hydrogen) atoms. The molecule has 1 unspecified atom stereocenters. The first-order valence-corrected chi connectivity index (χ1v) is 10.4. The Balaban J connectivity index is 1.49. The standard InChI is InChI=1S/C21H33N5O2/c1-17(2)5-8-25-9-7-23-21(28)19(25)14-20(27)26-12-10-24(11-13-26)16-18-4-3-6-22-15-18/h3-4,6,15,17,19H,5,7-14,16H2,1-2H3,(H,23,28). The fourth-order valence-corrected chi connectivity index (χ4v) is 3.88. The van der Waals surface area contributed by atoms with E-state index in [4.69, 9.17) is 0 Å². The largest absolute Gasteiger partial charge is 0.353 e. The van der Waals surface area contributed by atoms with Crippen molar-refractivity contribution in [3.05, 3.63) is 30.1 Å². The molecule has 2 saturated heterocycles. The van der Waals surface area contributed by atoms with Gasteiger partial charge in [-0.05, 0) is 30.5 Å². The quantitative estimate of drug-likeness (QED) is 0.755. The molecule has 0 spiro atoms. The zero-order valence-corrected chi connectivity index (χ0v) is 17.1. The molecule has 0 bridgehead atoms. The topological polar surface area (TPSA) is 68.8 Å². The van der Waals surface area contributed by atoms with Crippen LogP contribution in [0.2, 0.25) is 0 Å². The Labute approximate surface area is 168 Å². The van der Waals surface area contributed by atoms with Gasteiger partial charge in [0, 0.05) is 58.2 Å². The fraction of sp³-hybridized carbons (Fsp3) is 0.667. The number of nitrogens with one attached hydrogen (secondary N) is 1. The molecule has 1 aromatic rings. The summed E-state index contributed by atoms with van der Waals surface area (Å²) < 4.78 is 0. The Kier molecular flexibility index (Phi) is 7.39. The van der Waals surface area contributed by atoms with Crippen LogP contribution in [-0.4, -0.2) is 83.4 Å². The second-order valence-corrected chi connectivity index (χ2v) is 8.25. The zero-order chi connectivity index (χ0) is 19.9. The lowest BCUT2D eigenvalue weighted by Crippen LogP contribution is -2.57. The molecule has 154 valence electrons. The summed E-state index contributed by atoms with van der Waals surface area (Å²) in [5.41, 5.74) is 1.20. The molecule has 0 aromatic carbocycles. The third-order valence-electron chi connectivity index (χ3n) is 5.66. The van der Waals surface area contributed by atoms with Gasteiger partial charge in [-0.2, -0.15) is 0 Å². The van der Waals surface area contributed by atoms with Gasteiger partial charge in [0.25, 0.3) is 0 Å². The molecule has 7 nitrogen and oxygen atoms in total. The number of nitrogens with zero attached hydrogens (tertiary/aromatic N) is 4. The molecule has 1 N–H and O–H groups in total. The van der Waals surface area contributed by atoms with Gasteiger partial charge in [0.05, 0.1) is 12.5 Å². The number of amides is 2. The maximum atomic E-state index is 12.9. The van der Waals surface area contributed by atoms with Crippen molar-refractivity contribution in [2.75, 3.05) is 45.8 Å². The molecule has 2 fully saturated rings. The summed E-state index contributed by atoms with van der Waals surface area (Å²) in [6.45, 7) is 10.8. The summed E-state index contributed by atoms with van der Waals surface area (Å²) in [5, 5.41) is 2.93. The van der Waals surface area contributed by atoms with Crippen LogP contribution in [0.15, 0.2) is 24.5 Å². The number of rotatable bonds is 7. The van der Waals surface area contributed by atoms with Crippen molar-refractivity contribution >= 4 is 11.8 Å². The van der Waals surface area contributed by atoms with E-state index in [0.717, 1.165) is 52.2 Å². The van der Waals surface area contributed by atoms with Crippen molar-refractivity contribution in [2.24, 2.45) is 5.92 Å². The minimum Gasteiger partial charge on any atom is -0.353 e. The molecular weight excluding hydrogens is 354 g/mol. The lowest BCUT2D eigenvalue weighted by Gasteiger charge is -2.38. The van der Waals surface area contributed by atoms with Crippen LogP contribution in [0.1, 0.15) is 32.3 Å². The Morgan fingerprint density at radius 2 is 2.04 bits per heavy atom. The average molecular weight is 388 g/mol. The van der Waals surface area contributed by atoms with E-state index in [1.165, 1.54) is 5.56 Å². The highest BCUT2D eigenvalue weighted by Gasteiger charge is 2.33. The molecule has 2 aliphatic rings. The summed E-state index contributed by atoms with van der Waals surface area (Å²) in [5.74, 6) is 0.686. The van der Waals surface area contributed by atoms with Crippen LogP contribution in [0.4, 0.5) is 0 Å². The van der Waals surface area contributed by atoms with Crippen LogP contribution in [0.25, 0.3) is 0 Å². The predicted molar refractivity (Wildman–Crippen MR) is 109 cm³/mol. The van der Waals surface area contributed by atoms with E-state index in [9.17, 15) is 9.59 Å². The summed E-state index contributed by atoms with van der Waals surface area (Å²) >= 11 is 0.